The number of benzene rings is 1. The van der Waals surface area contributed by atoms with E-state index in [-0.39, 0.29) is 34.8 Å². The number of carbonyl (C=O) groups excluding carboxylic acids is 5. The number of Topliss-reactive ketones (excluding diaryl/α,β-unsaturated/α-hetero) is 1. The summed E-state index contributed by atoms with van der Waals surface area (Å²) >= 11 is 1.22. The van der Waals surface area contributed by atoms with Gasteiger partial charge in [0.25, 0.3) is 21.9 Å². The second-order valence-electron chi connectivity index (χ2n) is 11.1. The van der Waals surface area contributed by atoms with Crippen LogP contribution in [0.25, 0.3) is 0 Å². The molecule has 1 saturated heterocycles. The Labute approximate surface area is 264 Å². The summed E-state index contributed by atoms with van der Waals surface area (Å²) in [7, 11) is -1.86. The predicted octanol–water partition coefficient (Wildman–Crippen LogP) is 1.05. The summed E-state index contributed by atoms with van der Waals surface area (Å²) in [6.45, 7) is 5.57. The molecule has 2 aliphatic rings. The number of methoxy groups -OCH3 is 1. The maximum Gasteiger partial charge on any atom is 0.358 e. The minimum atomic E-state index is -4.33. The van der Waals surface area contributed by atoms with Gasteiger partial charge in [-0.3, -0.25) is 28.3 Å². The number of hydrogen-bond acceptors (Lipinski definition) is 14. The topological polar surface area (TPSA) is 193 Å². The van der Waals surface area contributed by atoms with Gasteiger partial charge in [-0.2, -0.15) is 8.42 Å². The van der Waals surface area contributed by atoms with Gasteiger partial charge in [-0.05, 0) is 30.0 Å². The molecular formula is C28H35N3O12S2. The van der Waals surface area contributed by atoms with Crippen molar-refractivity contribution < 1.29 is 55.6 Å². The molecule has 2 heterocycles. The number of amides is 2. The fraction of sp³-hybridized carbons (Fsp3) is 0.500. The van der Waals surface area contributed by atoms with Crippen molar-refractivity contribution in [3.63, 3.8) is 0 Å². The Morgan fingerprint density at radius 1 is 1.09 bits per heavy atom. The maximum atomic E-state index is 13.2. The van der Waals surface area contributed by atoms with Crippen LogP contribution in [0.1, 0.15) is 32.8 Å². The van der Waals surface area contributed by atoms with Gasteiger partial charge in [0.2, 0.25) is 18.3 Å². The standard InChI is InChI=1S/C28H35N3O12S2/c1-16-7-9-18(10-8-16)45(37,38)43-13-19(32)21(30-40-6)24(34)29-22-25(35)31-23(17(12-39-5)14-44-26(22)31)27(36)42-15-41-20(33)11-28(2,3)4/h7-10,22,26H,11-15H2,1-6H3,(H,29,34)/b30-21-/t22?,26-/m1/s1. The number of aryl methyl sites for hydroxylation is 1. The van der Waals surface area contributed by atoms with Crippen LogP contribution in [0.2, 0.25) is 0 Å². The molecule has 45 heavy (non-hydrogen) atoms. The molecule has 1 unspecified atom stereocenters. The number of fused-ring (bicyclic) bond motifs is 1. The van der Waals surface area contributed by atoms with Crippen molar-refractivity contribution in [1.82, 2.24) is 10.2 Å². The third-order valence-electron chi connectivity index (χ3n) is 6.25. The lowest BCUT2D eigenvalue weighted by Crippen LogP contribution is -2.71. The van der Waals surface area contributed by atoms with Crippen LogP contribution in [-0.2, 0) is 57.3 Å². The summed E-state index contributed by atoms with van der Waals surface area (Å²) < 4.78 is 45.0. The molecule has 15 nitrogen and oxygen atoms in total. The first-order valence-corrected chi connectivity index (χ1v) is 15.9. The van der Waals surface area contributed by atoms with E-state index in [9.17, 15) is 32.4 Å². The number of thioether (sulfide) groups is 1. The molecule has 0 spiro atoms. The van der Waals surface area contributed by atoms with Gasteiger partial charge in [-0.15, -0.1) is 11.8 Å². The molecule has 246 valence electrons. The van der Waals surface area contributed by atoms with Gasteiger partial charge in [0.15, 0.2) is 0 Å². The van der Waals surface area contributed by atoms with Crippen LogP contribution in [0.3, 0.4) is 0 Å². The van der Waals surface area contributed by atoms with E-state index in [0.717, 1.165) is 17.6 Å². The van der Waals surface area contributed by atoms with Crippen molar-refractivity contribution in [3.05, 3.63) is 41.1 Å². The zero-order chi connectivity index (χ0) is 33.5. The molecule has 2 atom stereocenters. The zero-order valence-electron chi connectivity index (χ0n) is 25.6. The highest BCUT2D eigenvalue weighted by Gasteiger charge is 2.55. The number of oxime groups is 1. The lowest BCUT2D eigenvalue weighted by atomic mass is 9.93. The van der Waals surface area contributed by atoms with E-state index in [4.69, 9.17) is 18.4 Å². The number of carbonyl (C=O) groups is 5. The lowest BCUT2D eigenvalue weighted by molar-refractivity contribution is -0.169. The monoisotopic (exact) mass is 669 g/mol. The number of β-lactam (4-membered cyclic amide) rings is 1. The van der Waals surface area contributed by atoms with E-state index in [1.54, 1.807) is 19.1 Å². The molecular weight excluding hydrogens is 634 g/mol. The fourth-order valence-corrected chi connectivity index (χ4v) is 6.35. The number of esters is 2. The Kier molecular flexibility index (Phi) is 11.9. The summed E-state index contributed by atoms with van der Waals surface area (Å²) in [6.07, 6.45) is 0.0957. The summed E-state index contributed by atoms with van der Waals surface area (Å²) in [4.78, 5) is 69.5. The smallest absolute Gasteiger partial charge is 0.358 e. The fourth-order valence-electron chi connectivity index (χ4n) is 4.15. The van der Waals surface area contributed by atoms with Gasteiger partial charge in [-0.25, -0.2) is 4.79 Å². The Hall–Kier alpha value is -3.80. The molecule has 2 aliphatic heterocycles. The van der Waals surface area contributed by atoms with E-state index >= 15 is 0 Å². The molecule has 0 saturated carbocycles. The van der Waals surface area contributed by atoms with Crippen LogP contribution in [-0.4, -0.2) is 100.0 Å². The predicted molar refractivity (Wildman–Crippen MR) is 159 cm³/mol. The van der Waals surface area contributed by atoms with Crippen molar-refractivity contribution in [2.24, 2.45) is 10.6 Å². The highest BCUT2D eigenvalue weighted by Crippen LogP contribution is 2.40. The highest BCUT2D eigenvalue weighted by atomic mass is 32.2. The van der Waals surface area contributed by atoms with E-state index in [2.05, 4.69) is 15.3 Å². The molecule has 1 aromatic rings. The number of ketones is 1. The average molecular weight is 670 g/mol. The Morgan fingerprint density at radius 2 is 1.76 bits per heavy atom. The highest BCUT2D eigenvalue weighted by molar-refractivity contribution is 8.00. The first-order chi connectivity index (χ1) is 21.1. The third-order valence-corrected chi connectivity index (χ3v) is 8.86. The minimum absolute atomic E-state index is 0.000581. The molecule has 1 fully saturated rings. The molecule has 0 aromatic heterocycles. The minimum Gasteiger partial charge on any atom is -0.428 e. The second kappa shape index (κ2) is 15.0. The molecule has 2 amide bonds. The number of hydrogen-bond donors (Lipinski definition) is 1. The van der Waals surface area contributed by atoms with Gasteiger partial charge < -0.3 is 24.4 Å². The average Bonchev–Trinajstić information content (AvgIpc) is 2.96. The zero-order valence-corrected chi connectivity index (χ0v) is 27.2. The van der Waals surface area contributed by atoms with Crippen molar-refractivity contribution in [3.8, 4) is 0 Å². The van der Waals surface area contributed by atoms with Gasteiger partial charge in [0.05, 0.1) is 17.9 Å². The Balaban J connectivity index is 1.67. The molecule has 1 N–H and O–H groups in total. The van der Waals surface area contributed by atoms with Crippen LogP contribution in [0.4, 0.5) is 0 Å². The normalized spacial score (nSPS) is 18.5. The van der Waals surface area contributed by atoms with Crippen LogP contribution >= 0.6 is 11.8 Å². The van der Waals surface area contributed by atoms with Crippen molar-refractivity contribution in [2.75, 3.05) is 40.0 Å². The SMILES string of the molecule is COCC1=C(C(=O)OCOC(=O)CC(C)(C)C)N2C(=O)C(NC(=O)/C(=N\OC)C(=O)COS(=O)(=O)c3ccc(C)cc3)[C@H]2SC1. The molecule has 1 aromatic carbocycles. The van der Waals surface area contributed by atoms with Gasteiger partial charge in [0, 0.05) is 12.9 Å². The van der Waals surface area contributed by atoms with Crippen LogP contribution in [0, 0.1) is 12.3 Å². The Morgan fingerprint density at radius 3 is 2.36 bits per heavy atom. The van der Waals surface area contributed by atoms with Gasteiger partial charge in [-0.1, -0.05) is 43.6 Å². The molecule has 0 aliphatic carbocycles. The van der Waals surface area contributed by atoms with Gasteiger partial charge >= 0.3 is 11.9 Å². The first-order valence-electron chi connectivity index (χ1n) is 13.5. The summed E-state index contributed by atoms with van der Waals surface area (Å²) in [5.74, 6) is -4.23. The van der Waals surface area contributed by atoms with Crippen molar-refractivity contribution >= 4 is 57.1 Å². The third kappa shape index (κ3) is 9.12. The summed E-state index contributed by atoms with van der Waals surface area (Å²) in [6, 6.07) is 4.52. The maximum absolute atomic E-state index is 13.2. The Bertz CT molecular complexity index is 1500. The summed E-state index contributed by atoms with van der Waals surface area (Å²) in [5, 5.41) is 5.02. The van der Waals surface area contributed by atoms with Crippen molar-refractivity contribution in [2.45, 2.75) is 50.4 Å². The van der Waals surface area contributed by atoms with E-state index in [1.807, 2.05) is 20.8 Å². The first kappa shape index (κ1) is 35.7. The number of rotatable bonds is 14. The molecule has 0 radical (unpaired) electrons. The molecule has 3 rings (SSSR count). The van der Waals surface area contributed by atoms with Crippen LogP contribution in [0.5, 0.6) is 0 Å². The second-order valence-corrected chi connectivity index (χ2v) is 13.8. The van der Waals surface area contributed by atoms with Crippen molar-refractivity contribution in [1.29, 1.82) is 0 Å². The summed E-state index contributed by atoms with van der Waals surface area (Å²) in [5.41, 5.74) is -0.0397. The van der Waals surface area contributed by atoms with E-state index in [1.165, 1.54) is 31.0 Å². The largest absolute Gasteiger partial charge is 0.428 e. The van der Waals surface area contributed by atoms with Gasteiger partial charge in [0.1, 0.15) is 30.8 Å². The molecule has 0 bridgehead atoms. The van der Waals surface area contributed by atoms with Crippen LogP contribution in [0.15, 0.2) is 45.6 Å². The van der Waals surface area contributed by atoms with Crippen LogP contribution < -0.4 is 5.32 Å². The number of ether oxygens (including phenoxy) is 3. The molecule has 17 heteroatoms. The lowest BCUT2D eigenvalue weighted by Gasteiger charge is -2.49. The quantitative estimate of drug-likeness (QED) is 0.0563. The van der Waals surface area contributed by atoms with E-state index < -0.39 is 70.2 Å². The number of nitrogens with zero attached hydrogens (tertiary/aromatic N) is 2. The van der Waals surface area contributed by atoms with E-state index in [0.29, 0.717) is 5.57 Å². The number of nitrogens with one attached hydrogen (secondary N) is 1.